The van der Waals surface area contributed by atoms with Crippen LogP contribution in [0.2, 0.25) is 0 Å². The van der Waals surface area contributed by atoms with Crippen LogP contribution >= 0.6 is 0 Å². The molecule has 1 atom stereocenters. The Hall–Kier alpha value is -2.66. The molecule has 0 bridgehead atoms. The van der Waals surface area contributed by atoms with Crippen molar-refractivity contribution >= 4 is 11.9 Å². The fourth-order valence-electron chi connectivity index (χ4n) is 2.84. The average Bonchev–Trinajstić information content (AvgIpc) is 2.82. The lowest BCUT2D eigenvalue weighted by Gasteiger charge is -2.30. The lowest BCUT2D eigenvalue weighted by Crippen LogP contribution is -2.56. The van der Waals surface area contributed by atoms with Gasteiger partial charge >= 0.3 is 5.97 Å². The SMILES string of the molecule is CC1(C(=O)O)NC(=O)C(c2ccccc2)(c2ccccc2)N1. The highest BCUT2D eigenvalue weighted by Gasteiger charge is 2.57. The molecule has 5 nitrogen and oxygen atoms in total. The lowest BCUT2D eigenvalue weighted by atomic mass is 9.82. The Kier molecular flexibility index (Phi) is 3.22. The van der Waals surface area contributed by atoms with Crippen LogP contribution in [0.15, 0.2) is 60.7 Å². The van der Waals surface area contributed by atoms with Gasteiger partial charge in [-0.3, -0.25) is 10.1 Å². The standard InChI is InChI=1S/C17H16N2O3/c1-16(15(21)22)18-14(20)17(19-16,12-8-4-2-5-9-12)13-10-6-3-7-11-13/h2-11,19H,1H3,(H,18,20)(H,21,22). The minimum Gasteiger partial charge on any atom is -0.478 e. The number of aliphatic carboxylic acids is 1. The summed E-state index contributed by atoms with van der Waals surface area (Å²) in [6.07, 6.45) is 0. The van der Waals surface area contributed by atoms with Crippen molar-refractivity contribution in [1.82, 2.24) is 10.6 Å². The number of carbonyl (C=O) groups excluding carboxylic acids is 1. The maximum atomic E-state index is 12.8. The molecule has 112 valence electrons. The predicted octanol–water partition coefficient (Wildman–Crippen LogP) is 1.45. The molecule has 1 saturated heterocycles. The summed E-state index contributed by atoms with van der Waals surface area (Å²) in [6, 6.07) is 18.3. The van der Waals surface area contributed by atoms with E-state index in [1.54, 1.807) is 0 Å². The molecule has 0 radical (unpaired) electrons. The third-order valence-corrected chi connectivity index (χ3v) is 3.98. The van der Waals surface area contributed by atoms with E-state index >= 15 is 0 Å². The number of hydrogen-bond acceptors (Lipinski definition) is 3. The molecule has 1 heterocycles. The molecule has 0 aromatic heterocycles. The van der Waals surface area contributed by atoms with Gasteiger partial charge in [0.05, 0.1) is 0 Å². The number of carbonyl (C=O) groups is 2. The minimum absolute atomic E-state index is 0.380. The summed E-state index contributed by atoms with van der Waals surface area (Å²) in [7, 11) is 0. The Morgan fingerprint density at radius 3 is 1.77 bits per heavy atom. The molecular formula is C17H16N2O3. The van der Waals surface area contributed by atoms with Crippen LogP contribution in [-0.4, -0.2) is 22.6 Å². The van der Waals surface area contributed by atoms with Gasteiger partial charge in [-0.05, 0) is 18.1 Å². The van der Waals surface area contributed by atoms with E-state index in [1.165, 1.54) is 6.92 Å². The van der Waals surface area contributed by atoms with Gasteiger partial charge < -0.3 is 10.4 Å². The molecule has 1 fully saturated rings. The Morgan fingerprint density at radius 2 is 1.41 bits per heavy atom. The molecule has 0 spiro atoms. The number of carboxylic acid groups (broad SMARTS) is 1. The zero-order valence-corrected chi connectivity index (χ0v) is 12.0. The van der Waals surface area contributed by atoms with Crippen molar-refractivity contribution in [2.24, 2.45) is 0 Å². The molecule has 1 amide bonds. The molecule has 2 aromatic carbocycles. The summed E-state index contributed by atoms with van der Waals surface area (Å²) in [5, 5.41) is 15.0. The monoisotopic (exact) mass is 296 g/mol. The fourth-order valence-corrected chi connectivity index (χ4v) is 2.84. The largest absolute Gasteiger partial charge is 0.478 e. The Bertz CT molecular complexity index is 676. The maximum Gasteiger partial charge on any atom is 0.344 e. The molecule has 5 heteroatoms. The number of hydrogen-bond donors (Lipinski definition) is 3. The predicted molar refractivity (Wildman–Crippen MR) is 81.0 cm³/mol. The van der Waals surface area contributed by atoms with Gasteiger partial charge in [-0.1, -0.05) is 60.7 Å². The van der Waals surface area contributed by atoms with Crippen molar-refractivity contribution in [2.45, 2.75) is 18.1 Å². The van der Waals surface area contributed by atoms with Crippen LogP contribution in [0.3, 0.4) is 0 Å². The second-order valence-electron chi connectivity index (χ2n) is 5.49. The molecule has 1 unspecified atom stereocenters. The molecule has 1 aliphatic rings. The molecule has 2 aromatic rings. The molecule has 3 N–H and O–H groups in total. The van der Waals surface area contributed by atoms with Crippen molar-refractivity contribution in [3.63, 3.8) is 0 Å². The Labute approximate surface area is 128 Å². The van der Waals surface area contributed by atoms with E-state index in [4.69, 9.17) is 0 Å². The number of nitrogens with one attached hydrogen (secondary N) is 2. The smallest absolute Gasteiger partial charge is 0.344 e. The quantitative estimate of drug-likeness (QED) is 0.801. The van der Waals surface area contributed by atoms with E-state index in [1.807, 2.05) is 60.7 Å². The lowest BCUT2D eigenvalue weighted by molar-refractivity contribution is -0.145. The first-order valence-corrected chi connectivity index (χ1v) is 6.95. The summed E-state index contributed by atoms with van der Waals surface area (Å²) < 4.78 is 0. The van der Waals surface area contributed by atoms with Crippen molar-refractivity contribution in [3.05, 3.63) is 71.8 Å². The van der Waals surface area contributed by atoms with Gasteiger partial charge in [0.25, 0.3) is 5.91 Å². The van der Waals surface area contributed by atoms with Gasteiger partial charge in [-0.25, -0.2) is 4.79 Å². The number of carboxylic acids is 1. The topological polar surface area (TPSA) is 78.4 Å². The van der Waals surface area contributed by atoms with E-state index in [0.717, 1.165) is 0 Å². The van der Waals surface area contributed by atoms with Crippen LogP contribution in [0.4, 0.5) is 0 Å². The first kappa shape index (κ1) is 14.3. The van der Waals surface area contributed by atoms with Crippen LogP contribution in [-0.2, 0) is 15.1 Å². The van der Waals surface area contributed by atoms with Crippen molar-refractivity contribution in [2.75, 3.05) is 0 Å². The van der Waals surface area contributed by atoms with Gasteiger partial charge in [-0.2, -0.15) is 0 Å². The normalized spacial score (nSPS) is 23.0. The third-order valence-electron chi connectivity index (χ3n) is 3.98. The Balaban J connectivity index is 2.22. The van der Waals surface area contributed by atoms with E-state index in [0.29, 0.717) is 11.1 Å². The first-order valence-electron chi connectivity index (χ1n) is 6.95. The van der Waals surface area contributed by atoms with Crippen molar-refractivity contribution in [1.29, 1.82) is 0 Å². The average molecular weight is 296 g/mol. The summed E-state index contributed by atoms with van der Waals surface area (Å²) in [4.78, 5) is 24.3. The number of benzene rings is 2. The highest BCUT2D eigenvalue weighted by molar-refractivity contribution is 5.99. The summed E-state index contributed by atoms with van der Waals surface area (Å²) in [5.74, 6) is -1.51. The highest BCUT2D eigenvalue weighted by Crippen LogP contribution is 2.36. The Morgan fingerprint density at radius 1 is 0.955 bits per heavy atom. The van der Waals surface area contributed by atoms with Gasteiger partial charge in [0.2, 0.25) is 0 Å². The van der Waals surface area contributed by atoms with E-state index in [9.17, 15) is 14.7 Å². The summed E-state index contributed by atoms with van der Waals surface area (Å²) in [5.41, 5.74) is -1.36. The van der Waals surface area contributed by atoms with E-state index in [-0.39, 0.29) is 5.91 Å². The van der Waals surface area contributed by atoms with E-state index < -0.39 is 17.2 Å². The van der Waals surface area contributed by atoms with Crippen LogP contribution in [0.25, 0.3) is 0 Å². The fraction of sp³-hybridized carbons (Fsp3) is 0.176. The number of amides is 1. The molecular weight excluding hydrogens is 280 g/mol. The van der Waals surface area contributed by atoms with Gasteiger partial charge in [0.1, 0.15) is 0 Å². The summed E-state index contributed by atoms with van der Waals surface area (Å²) in [6.45, 7) is 1.45. The zero-order valence-electron chi connectivity index (χ0n) is 12.0. The highest BCUT2D eigenvalue weighted by atomic mass is 16.4. The van der Waals surface area contributed by atoms with Gasteiger partial charge in [0, 0.05) is 0 Å². The molecule has 22 heavy (non-hydrogen) atoms. The van der Waals surface area contributed by atoms with Gasteiger partial charge in [-0.15, -0.1) is 0 Å². The van der Waals surface area contributed by atoms with E-state index in [2.05, 4.69) is 10.6 Å². The van der Waals surface area contributed by atoms with Crippen molar-refractivity contribution in [3.8, 4) is 0 Å². The second kappa shape index (κ2) is 4.96. The molecule has 0 aliphatic carbocycles. The van der Waals surface area contributed by atoms with Gasteiger partial charge in [0.15, 0.2) is 11.2 Å². The molecule has 0 saturated carbocycles. The second-order valence-corrected chi connectivity index (χ2v) is 5.49. The molecule has 3 rings (SSSR count). The zero-order chi connectivity index (χ0) is 15.8. The van der Waals surface area contributed by atoms with Crippen LogP contribution in [0.5, 0.6) is 0 Å². The van der Waals surface area contributed by atoms with Crippen molar-refractivity contribution < 1.29 is 14.7 Å². The maximum absolute atomic E-state index is 12.8. The minimum atomic E-state index is -1.53. The summed E-state index contributed by atoms with van der Waals surface area (Å²) >= 11 is 0. The molecule has 1 aliphatic heterocycles. The van der Waals surface area contributed by atoms with Crippen LogP contribution in [0, 0.1) is 0 Å². The number of rotatable bonds is 3. The van der Waals surface area contributed by atoms with Crippen LogP contribution < -0.4 is 10.6 Å². The third kappa shape index (κ3) is 1.98. The van der Waals surface area contributed by atoms with Crippen LogP contribution in [0.1, 0.15) is 18.1 Å². The first-order chi connectivity index (χ1) is 10.5.